The molecule has 0 fully saturated rings. The zero-order chi connectivity index (χ0) is 20.1. The first-order chi connectivity index (χ1) is 13.3. The van der Waals surface area contributed by atoms with E-state index in [0.717, 1.165) is 0 Å². The molecule has 0 aromatic heterocycles. The summed E-state index contributed by atoms with van der Waals surface area (Å²) in [6.07, 6.45) is 0. The van der Waals surface area contributed by atoms with Gasteiger partial charge in [0.15, 0.2) is 0 Å². The fourth-order valence-corrected chi connectivity index (χ4v) is 5.62. The van der Waals surface area contributed by atoms with Gasteiger partial charge in [-0.2, -0.15) is 0 Å². The molecule has 0 amide bonds. The highest BCUT2D eigenvalue weighted by atomic mass is 32.2. The third-order valence-electron chi connectivity index (χ3n) is 6.09. The van der Waals surface area contributed by atoms with Gasteiger partial charge in [-0.05, 0) is 57.3 Å². The third-order valence-corrected chi connectivity index (χ3v) is 7.31. The van der Waals surface area contributed by atoms with E-state index in [9.17, 15) is 0 Å². The molecule has 28 heavy (non-hydrogen) atoms. The lowest BCUT2D eigenvalue weighted by atomic mass is 9.74. The average Bonchev–Trinajstić information content (AvgIpc) is 2.68. The lowest BCUT2D eigenvalue weighted by molar-refractivity contribution is 0.603. The van der Waals surface area contributed by atoms with Crippen LogP contribution in [0.2, 0.25) is 0 Å². The molecule has 144 valence electrons. The van der Waals surface area contributed by atoms with E-state index in [1.807, 2.05) is 11.8 Å². The summed E-state index contributed by atoms with van der Waals surface area (Å²) < 4.78 is 0. The normalized spacial score (nSPS) is 14.9. The number of fused-ring (bicyclic) bond motifs is 2. The molecule has 0 spiro atoms. The minimum absolute atomic E-state index is 0.00472. The van der Waals surface area contributed by atoms with Crippen molar-refractivity contribution in [3.63, 3.8) is 0 Å². The number of hydrogen-bond donors (Lipinski definition) is 0. The van der Waals surface area contributed by atoms with Gasteiger partial charge in [0.05, 0.1) is 0 Å². The van der Waals surface area contributed by atoms with Crippen molar-refractivity contribution in [2.75, 3.05) is 0 Å². The second-order valence-corrected chi connectivity index (χ2v) is 10.2. The molecule has 4 rings (SSSR count). The highest BCUT2D eigenvalue weighted by molar-refractivity contribution is 7.99. The third kappa shape index (κ3) is 3.20. The monoisotopic (exact) mass is 386 g/mol. The Bertz CT molecular complexity index is 1010. The average molecular weight is 387 g/mol. The Morgan fingerprint density at radius 2 is 1.36 bits per heavy atom. The standard InChI is InChI=1S/C27H30S/c1-17(2)20-12-13-25-23(15-20)27(5,6)24-16-21(18(3)4)14-22(26(24)28-25)19-10-8-7-9-11-19/h7-18H,1-6H3. The van der Waals surface area contributed by atoms with Crippen molar-refractivity contribution in [3.05, 3.63) is 82.9 Å². The van der Waals surface area contributed by atoms with Crippen LogP contribution in [-0.2, 0) is 5.41 Å². The summed E-state index contributed by atoms with van der Waals surface area (Å²) >= 11 is 1.95. The molecule has 0 saturated carbocycles. The summed E-state index contributed by atoms with van der Waals surface area (Å²) in [7, 11) is 0. The molecule has 0 saturated heterocycles. The Morgan fingerprint density at radius 3 is 2.00 bits per heavy atom. The van der Waals surface area contributed by atoms with Crippen LogP contribution < -0.4 is 0 Å². The molecule has 3 aromatic carbocycles. The summed E-state index contributed by atoms with van der Waals surface area (Å²) in [4.78, 5) is 2.82. The van der Waals surface area contributed by atoms with Crippen LogP contribution in [0.25, 0.3) is 11.1 Å². The second-order valence-electron chi connectivity index (χ2n) is 9.10. The molecule has 1 heterocycles. The topological polar surface area (TPSA) is 0 Å². The van der Waals surface area contributed by atoms with Crippen molar-refractivity contribution in [2.45, 2.75) is 68.6 Å². The lowest BCUT2D eigenvalue weighted by Crippen LogP contribution is -2.25. The molecule has 1 aliphatic heterocycles. The smallest absolute Gasteiger partial charge is 0.0242 e. The van der Waals surface area contributed by atoms with Gasteiger partial charge in [0.1, 0.15) is 0 Å². The van der Waals surface area contributed by atoms with Gasteiger partial charge in [0.2, 0.25) is 0 Å². The van der Waals surface area contributed by atoms with E-state index in [0.29, 0.717) is 11.8 Å². The summed E-state index contributed by atoms with van der Waals surface area (Å²) in [6.45, 7) is 13.9. The molecule has 1 heteroatoms. The Hall–Kier alpha value is -1.99. The van der Waals surface area contributed by atoms with E-state index in [1.54, 1.807) is 0 Å². The van der Waals surface area contributed by atoms with Gasteiger partial charge in [-0.25, -0.2) is 0 Å². The molecule has 3 aromatic rings. The number of hydrogen-bond acceptors (Lipinski definition) is 1. The predicted molar refractivity (Wildman–Crippen MR) is 123 cm³/mol. The molecule has 0 N–H and O–H groups in total. The minimum Gasteiger partial charge on any atom is -0.0888 e. The molecule has 1 aliphatic rings. The van der Waals surface area contributed by atoms with Crippen LogP contribution >= 0.6 is 11.8 Å². The maximum atomic E-state index is 2.46. The predicted octanol–water partition coefficient (Wildman–Crippen LogP) is 8.39. The summed E-state index contributed by atoms with van der Waals surface area (Å²) in [5, 5.41) is 0. The molecular formula is C27H30S. The fraction of sp³-hybridized carbons (Fsp3) is 0.333. The van der Waals surface area contributed by atoms with Crippen molar-refractivity contribution in [1.82, 2.24) is 0 Å². The van der Waals surface area contributed by atoms with Crippen LogP contribution in [-0.4, -0.2) is 0 Å². The van der Waals surface area contributed by atoms with Crippen molar-refractivity contribution in [2.24, 2.45) is 0 Å². The maximum Gasteiger partial charge on any atom is 0.0242 e. The Labute approximate surface area is 174 Å². The molecule has 0 atom stereocenters. The Balaban J connectivity index is 1.98. The van der Waals surface area contributed by atoms with Crippen LogP contribution in [0, 0.1) is 0 Å². The zero-order valence-electron chi connectivity index (χ0n) is 17.8. The van der Waals surface area contributed by atoms with Crippen LogP contribution in [0.5, 0.6) is 0 Å². The SMILES string of the molecule is CC(C)c1ccc2c(c1)C(C)(C)c1cc(C(C)C)cc(-c3ccccc3)c1S2. The molecule has 0 radical (unpaired) electrons. The highest BCUT2D eigenvalue weighted by Gasteiger charge is 2.35. The zero-order valence-corrected chi connectivity index (χ0v) is 18.7. The van der Waals surface area contributed by atoms with Crippen molar-refractivity contribution in [1.29, 1.82) is 0 Å². The van der Waals surface area contributed by atoms with Gasteiger partial charge in [0, 0.05) is 15.2 Å². The Kier molecular flexibility index (Phi) is 4.91. The fourth-order valence-electron chi connectivity index (χ4n) is 4.13. The van der Waals surface area contributed by atoms with Crippen molar-refractivity contribution in [3.8, 4) is 11.1 Å². The number of rotatable bonds is 3. The summed E-state index contributed by atoms with van der Waals surface area (Å²) in [5.41, 5.74) is 8.47. The molecular weight excluding hydrogens is 356 g/mol. The quantitative estimate of drug-likeness (QED) is 0.435. The molecule has 0 unspecified atom stereocenters. The first kappa shape index (κ1) is 19.3. The lowest BCUT2D eigenvalue weighted by Gasteiger charge is -2.37. The van der Waals surface area contributed by atoms with E-state index >= 15 is 0 Å². The van der Waals surface area contributed by atoms with Gasteiger partial charge in [0.25, 0.3) is 0 Å². The summed E-state index contributed by atoms with van der Waals surface area (Å²) in [5.74, 6) is 1.06. The molecule has 0 bridgehead atoms. The maximum absolute atomic E-state index is 2.46. The van der Waals surface area contributed by atoms with Gasteiger partial charge >= 0.3 is 0 Å². The van der Waals surface area contributed by atoms with Crippen LogP contribution in [0.4, 0.5) is 0 Å². The summed E-state index contributed by atoms with van der Waals surface area (Å²) in [6, 6.07) is 22.8. The van der Waals surface area contributed by atoms with Gasteiger partial charge in [-0.3, -0.25) is 0 Å². The minimum atomic E-state index is -0.00472. The van der Waals surface area contributed by atoms with Crippen LogP contribution in [0.3, 0.4) is 0 Å². The van der Waals surface area contributed by atoms with Gasteiger partial charge < -0.3 is 0 Å². The van der Waals surface area contributed by atoms with Gasteiger partial charge in [-0.15, -0.1) is 0 Å². The first-order valence-corrected chi connectivity index (χ1v) is 11.2. The first-order valence-electron chi connectivity index (χ1n) is 10.3. The van der Waals surface area contributed by atoms with E-state index in [4.69, 9.17) is 0 Å². The van der Waals surface area contributed by atoms with Crippen LogP contribution in [0.1, 0.15) is 75.6 Å². The second kappa shape index (κ2) is 7.12. The molecule has 0 aliphatic carbocycles. The van der Waals surface area contributed by atoms with Crippen molar-refractivity contribution >= 4 is 11.8 Å². The van der Waals surface area contributed by atoms with Crippen LogP contribution in [0.15, 0.2) is 70.5 Å². The highest BCUT2D eigenvalue weighted by Crippen LogP contribution is 2.53. The van der Waals surface area contributed by atoms with E-state index in [1.165, 1.54) is 43.2 Å². The van der Waals surface area contributed by atoms with E-state index in [2.05, 4.69) is 102 Å². The van der Waals surface area contributed by atoms with E-state index in [-0.39, 0.29) is 5.41 Å². The van der Waals surface area contributed by atoms with Gasteiger partial charge in [-0.1, -0.05) is 102 Å². The molecule has 0 nitrogen and oxygen atoms in total. The Morgan fingerprint density at radius 1 is 0.714 bits per heavy atom. The number of benzene rings is 3. The van der Waals surface area contributed by atoms with Crippen molar-refractivity contribution < 1.29 is 0 Å². The largest absolute Gasteiger partial charge is 0.0888 e. The van der Waals surface area contributed by atoms with E-state index < -0.39 is 0 Å².